The Kier molecular flexibility index (Phi) is 4.63. The van der Waals surface area contributed by atoms with Gasteiger partial charge in [-0.15, -0.1) is 0 Å². The highest BCUT2D eigenvalue weighted by Gasteiger charge is 2.39. The number of benzene rings is 1. The normalized spacial score (nSPS) is 19.6. The molecule has 0 atom stereocenters. The van der Waals surface area contributed by atoms with Gasteiger partial charge in [0.2, 0.25) is 11.8 Å². The summed E-state index contributed by atoms with van der Waals surface area (Å²) in [6.45, 7) is 2.05. The van der Waals surface area contributed by atoms with Gasteiger partial charge >= 0.3 is 0 Å². The molecule has 2 amide bonds. The molecule has 2 aliphatic heterocycles. The molecule has 1 aromatic rings. The van der Waals surface area contributed by atoms with Crippen molar-refractivity contribution in [1.82, 2.24) is 5.32 Å². The molecule has 0 saturated carbocycles. The van der Waals surface area contributed by atoms with Crippen molar-refractivity contribution in [1.29, 1.82) is 0 Å². The first-order valence-electron chi connectivity index (χ1n) is 8.07. The van der Waals surface area contributed by atoms with Gasteiger partial charge in [0.25, 0.3) is 0 Å². The number of nitrogens with one attached hydrogen (secondary N) is 3. The fourth-order valence-corrected chi connectivity index (χ4v) is 3.33. The number of hydrogen-bond donors (Lipinski definition) is 3. The molecule has 1 saturated heterocycles. The molecule has 1 aromatic carbocycles. The third kappa shape index (κ3) is 3.38. The summed E-state index contributed by atoms with van der Waals surface area (Å²) in [6.07, 6.45) is 2.78. The van der Waals surface area contributed by atoms with E-state index < -0.39 is 5.41 Å². The van der Waals surface area contributed by atoms with Crippen molar-refractivity contribution in [3.63, 3.8) is 0 Å². The molecular formula is C17H23N3O3. The maximum Gasteiger partial charge on any atom is 0.233 e. The van der Waals surface area contributed by atoms with E-state index in [1.807, 2.05) is 18.2 Å². The van der Waals surface area contributed by atoms with E-state index in [1.165, 1.54) is 0 Å². The minimum Gasteiger partial charge on any atom is -0.384 e. The Morgan fingerprint density at radius 1 is 1.30 bits per heavy atom. The lowest BCUT2D eigenvalue weighted by Crippen LogP contribution is -2.47. The van der Waals surface area contributed by atoms with Crippen LogP contribution >= 0.6 is 0 Å². The van der Waals surface area contributed by atoms with E-state index in [4.69, 9.17) is 4.74 Å². The molecule has 0 radical (unpaired) electrons. The molecule has 2 aliphatic rings. The second-order valence-electron chi connectivity index (χ2n) is 6.34. The van der Waals surface area contributed by atoms with Crippen LogP contribution in [0.15, 0.2) is 18.2 Å². The molecule has 3 rings (SSSR count). The second-order valence-corrected chi connectivity index (χ2v) is 6.34. The van der Waals surface area contributed by atoms with Gasteiger partial charge < -0.3 is 20.7 Å². The molecular weight excluding hydrogens is 294 g/mol. The highest BCUT2D eigenvalue weighted by molar-refractivity contribution is 5.98. The molecule has 124 valence electrons. The van der Waals surface area contributed by atoms with Crippen LogP contribution in [0, 0.1) is 5.41 Å². The fraction of sp³-hybridized carbons (Fsp3) is 0.529. The summed E-state index contributed by atoms with van der Waals surface area (Å²) >= 11 is 0. The number of methoxy groups -OCH3 is 1. The predicted molar refractivity (Wildman–Crippen MR) is 88.4 cm³/mol. The van der Waals surface area contributed by atoms with E-state index in [2.05, 4.69) is 16.0 Å². The van der Waals surface area contributed by atoms with Crippen molar-refractivity contribution >= 4 is 23.2 Å². The number of aryl methyl sites for hydroxylation is 1. The smallest absolute Gasteiger partial charge is 0.233 e. The Morgan fingerprint density at radius 2 is 2.09 bits per heavy atom. The van der Waals surface area contributed by atoms with Crippen molar-refractivity contribution in [2.24, 2.45) is 5.41 Å². The summed E-state index contributed by atoms with van der Waals surface area (Å²) in [5.74, 6) is 0.0121. The van der Waals surface area contributed by atoms with E-state index in [-0.39, 0.29) is 11.8 Å². The summed E-state index contributed by atoms with van der Waals surface area (Å²) in [4.78, 5) is 24.3. The average molecular weight is 317 g/mol. The van der Waals surface area contributed by atoms with E-state index >= 15 is 0 Å². The lowest BCUT2D eigenvalue weighted by molar-refractivity contribution is -0.130. The minimum atomic E-state index is -0.487. The summed E-state index contributed by atoms with van der Waals surface area (Å²) in [5, 5.41) is 9.15. The summed E-state index contributed by atoms with van der Waals surface area (Å²) in [7, 11) is 1.63. The van der Waals surface area contributed by atoms with Gasteiger partial charge in [0.15, 0.2) is 0 Å². The number of hydrogen-bond acceptors (Lipinski definition) is 4. The second kappa shape index (κ2) is 6.68. The van der Waals surface area contributed by atoms with Gasteiger partial charge in [0, 0.05) is 24.9 Å². The molecule has 0 aliphatic carbocycles. The number of ether oxygens (including phenoxy) is 1. The van der Waals surface area contributed by atoms with Crippen LogP contribution in [-0.2, 0) is 20.7 Å². The molecule has 6 heteroatoms. The SMILES string of the molecule is COCC1(C(=O)Nc2ccc3c(c2)NC(=O)CC3)CCNCC1. The number of rotatable bonds is 4. The maximum atomic E-state index is 12.8. The number of carbonyl (C=O) groups is 2. The van der Waals surface area contributed by atoms with E-state index in [1.54, 1.807) is 7.11 Å². The first kappa shape index (κ1) is 16.0. The number of fused-ring (bicyclic) bond motifs is 1. The zero-order chi connectivity index (χ0) is 16.3. The first-order chi connectivity index (χ1) is 11.1. The molecule has 2 heterocycles. The Labute approximate surface area is 136 Å². The molecule has 23 heavy (non-hydrogen) atoms. The topological polar surface area (TPSA) is 79.5 Å². The van der Waals surface area contributed by atoms with Crippen LogP contribution in [0.3, 0.4) is 0 Å². The van der Waals surface area contributed by atoms with Gasteiger partial charge in [-0.05, 0) is 50.0 Å². The van der Waals surface area contributed by atoms with Gasteiger partial charge in [0.1, 0.15) is 0 Å². The Hall–Kier alpha value is -1.92. The minimum absolute atomic E-state index is 0.0112. The van der Waals surface area contributed by atoms with Gasteiger partial charge in [-0.3, -0.25) is 9.59 Å². The lowest BCUT2D eigenvalue weighted by atomic mass is 9.78. The predicted octanol–water partition coefficient (Wildman–Crippen LogP) is 1.53. The molecule has 1 fully saturated rings. The van der Waals surface area contributed by atoms with Crippen LogP contribution in [0.2, 0.25) is 0 Å². The summed E-state index contributed by atoms with van der Waals surface area (Å²) in [5.41, 5.74) is 2.13. The van der Waals surface area contributed by atoms with Crippen LogP contribution < -0.4 is 16.0 Å². The zero-order valence-corrected chi connectivity index (χ0v) is 13.4. The number of amides is 2. The number of anilines is 2. The van der Waals surface area contributed by atoms with E-state index in [0.29, 0.717) is 18.7 Å². The summed E-state index contributed by atoms with van der Waals surface area (Å²) < 4.78 is 5.30. The third-order valence-electron chi connectivity index (χ3n) is 4.73. The Morgan fingerprint density at radius 3 is 2.83 bits per heavy atom. The quantitative estimate of drug-likeness (QED) is 0.787. The Bertz CT molecular complexity index is 604. The van der Waals surface area contributed by atoms with E-state index in [9.17, 15) is 9.59 Å². The fourth-order valence-electron chi connectivity index (χ4n) is 3.33. The molecule has 0 aromatic heterocycles. The molecule has 6 nitrogen and oxygen atoms in total. The largest absolute Gasteiger partial charge is 0.384 e. The van der Waals surface area contributed by atoms with Crippen molar-refractivity contribution in [3.05, 3.63) is 23.8 Å². The molecule has 3 N–H and O–H groups in total. The summed E-state index contributed by atoms with van der Waals surface area (Å²) in [6, 6.07) is 5.71. The van der Waals surface area contributed by atoms with Crippen LogP contribution in [0.1, 0.15) is 24.8 Å². The lowest BCUT2D eigenvalue weighted by Gasteiger charge is -2.35. The zero-order valence-electron chi connectivity index (χ0n) is 13.4. The van der Waals surface area contributed by atoms with Crippen LogP contribution in [-0.4, -0.2) is 38.6 Å². The van der Waals surface area contributed by atoms with Gasteiger partial charge in [-0.25, -0.2) is 0 Å². The molecule has 0 bridgehead atoms. The van der Waals surface area contributed by atoms with Crippen molar-refractivity contribution in [2.45, 2.75) is 25.7 Å². The highest BCUT2D eigenvalue weighted by atomic mass is 16.5. The van der Waals surface area contributed by atoms with Crippen LogP contribution in [0.4, 0.5) is 11.4 Å². The maximum absolute atomic E-state index is 12.8. The molecule has 0 unspecified atom stereocenters. The highest BCUT2D eigenvalue weighted by Crippen LogP contribution is 2.32. The average Bonchev–Trinajstić information content (AvgIpc) is 2.55. The number of carbonyl (C=O) groups excluding carboxylic acids is 2. The van der Waals surface area contributed by atoms with Crippen molar-refractivity contribution in [3.8, 4) is 0 Å². The standard InChI is InChI=1S/C17H23N3O3/c1-23-11-17(6-8-18-9-7-17)16(22)19-13-4-2-12-3-5-15(21)20-14(12)10-13/h2,4,10,18H,3,5-9,11H2,1H3,(H,19,22)(H,20,21). The van der Waals surface area contributed by atoms with Crippen LogP contribution in [0.5, 0.6) is 0 Å². The molecule has 0 spiro atoms. The number of piperidine rings is 1. The monoisotopic (exact) mass is 317 g/mol. The van der Waals surface area contributed by atoms with Crippen molar-refractivity contribution in [2.75, 3.05) is 37.4 Å². The first-order valence-corrected chi connectivity index (χ1v) is 8.07. The van der Waals surface area contributed by atoms with Gasteiger partial charge in [-0.1, -0.05) is 6.07 Å². The van der Waals surface area contributed by atoms with Gasteiger partial charge in [-0.2, -0.15) is 0 Å². The third-order valence-corrected chi connectivity index (χ3v) is 4.73. The van der Waals surface area contributed by atoms with Crippen molar-refractivity contribution < 1.29 is 14.3 Å². The Balaban J connectivity index is 1.76. The van der Waals surface area contributed by atoms with Gasteiger partial charge in [0.05, 0.1) is 12.0 Å². The van der Waals surface area contributed by atoms with E-state index in [0.717, 1.165) is 43.6 Å². The van der Waals surface area contributed by atoms with Crippen LogP contribution in [0.25, 0.3) is 0 Å².